The molecule has 0 bridgehead atoms. The van der Waals surface area contributed by atoms with Gasteiger partial charge >= 0.3 is 0 Å². The van der Waals surface area contributed by atoms with Gasteiger partial charge in [-0.05, 0) is 24.9 Å². The van der Waals surface area contributed by atoms with Crippen molar-refractivity contribution in [1.82, 2.24) is 0 Å². The Morgan fingerprint density at radius 1 is 1.46 bits per heavy atom. The molecule has 0 unspecified atom stereocenters. The fourth-order valence-electron chi connectivity index (χ4n) is 0.876. The molecule has 1 aromatic carbocycles. The SMILES string of the molecule is C=Nc1cc(N)ccc1S(=O)(=O)O. The second-order valence-electron chi connectivity index (χ2n) is 2.36. The Bertz CT molecular complexity index is 439. The molecule has 0 aliphatic carbocycles. The highest BCUT2D eigenvalue weighted by molar-refractivity contribution is 7.86. The minimum atomic E-state index is -4.25. The van der Waals surface area contributed by atoms with E-state index in [2.05, 4.69) is 11.7 Å². The zero-order valence-electron chi connectivity index (χ0n) is 6.64. The van der Waals surface area contributed by atoms with Crippen LogP contribution in [0.5, 0.6) is 0 Å². The Kier molecular flexibility index (Phi) is 2.35. The highest BCUT2D eigenvalue weighted by Gasteiger charge is 2.14. The third-order valence-corrected chi connectivity index (χ3v) is 2.33. The molecular formula is C7H8N2O3S. The Morgan fingerprint density at radius 3 is 2.54 bits per heavy atom. The van der Waals surface area contributed by atoms with Gasteiger partial charge < -0.3 is 5.73 Å². The summed E-state index contributed by atoms with van der Waals surface area (Å²) in [5.41, 5.74) is 5.78. The van der Waals surface area contributed by atoms with Gasteiger partial charge in [0.1, 0.15) is 4.90 Å². The van der Waals surface area contributed by atoms with Crippen LogP contribution in [0, 0.1) is 0 Å². The maximum atomic E-state index is 10.8. The summed E-state index contributed by atoms with van der Waals surface area (Å²) in [6.07, 6.45) is 0. The van der Waals surface area contributed by atoms with Crippen LogP contribution in [0.2, 0.25) is 0 Å². The van der Waals surface area contributed by atoms with E-state index in [1.54, 1.807) is 0 Å². The molecule has 0 heterocycles. The van der Waals surface area contributed by atoms with Crippen LogP contribution in [0.25, 0.3) is 0 Å². The summed E-state index contributed by atoms with van der Waals surface area (Å²) in [6.45, 7) is 3.17. The van der Waals surface area contributed by atoms with Crippen LogP contribution in [-0.4, -0.2) is 19.7 Å². The van der Waals surface area contributed by atoms with E-state index in [-0.39, 0.29) is 10.6 Å². The summed E-state index contributed by atoms with van der Waals surface area (Å²) in [4.78, 5) is 3.13. The van der Waals surface area contributed by atoms with Gasteiger partial charge in [0, 0.05) is 5.69 Å². The molecule has 3 N–H and O–H groups in total. The lowest BCUT2D eigenvalue weighted by atomic mass is 10.3. The lowest BCUT2D eigenvalue weighted by molar-refractivity contribution is 0.483. The van der Waals surface area contributed by atoms with E-state index in [4.69, 9.17) is 10.3 Å². The summed E-state index contributed by atoms with van der Waals surface area (Å²) in [6, 6.07) is 3.85. The van der Waals surface area contributed by atoms with Crippen molar-refractivity contribution >= 4 is 28.2 Å². The van der Waals surface area contributed by atoms with E-state index in [1.165, 1.54) is 18.2 Å². The highest BCUT2D eigenvalue weighted by atomic mass is 32.2. The number of hydrogen-bond acceptors (Lipinski definition) is 4. The third kappa shape index (κ3) is 2.04. The first-order chi connectivity index (χ1) is 5.95. The van der Waals surface area contributed by atoms with Gasteiger partial charge in [0.05, 0.1) is 5.69 Å². The number of rotatable bonds is 2. The van der Waals surface area contributed by atoms with Gasteiger partial charge in [-0.3, -0.25) is 9.55 Å². The zero-order chi connectivity index (χ0) is 10.1. The van der Waals surface area contributed by atoms with Crippen molar-refractivity contribution in [1.29, 1.82) is 0 Å². The number of nitrogens with two attached hydrogens (primary N) is 1. The van der Waals surface area contributed by atoms with Crippen molar-refractivity contribution in [3.63, 3.8) is 0 Å². The predicted octanol–water partition coefficient (Wildman–Crippen LogP) is 0.848. The first kappa shape index (κ1) is 9.69. The van der Waals surface area contributed by atoms with Crippen molar-refractivity contribution in [3.05, 3.63) is 18.2 Å². The maximum Gasteiger partial charge on any atom is 0.296 e. The standard InChI is InChI=1S/C7H8N2O3S/c1-9-6-4-5(8)2-3-7(6)13(10,11)12/h2-4H,1,8H2,(H,10,11,12). The van der Waals surface area contributed by atoms with E-state index in [0.717, 1.165) is 0 Å². The highest BCUT2D eigenvalue weighted by Crippen LogP contribution is 2.25. The molecule has 5 nitrogen and oxygen atoms in total. The van der Waals surface area contributed by atoms with E-state index >= 15 is 0 Å². The minimum absolute atomic E-state index is 0.0440. The summed E-state index contributed by atoms with van der Waals surface area (Å²) in [5.74, 6) is 0. The number of nitrogen functional groups attached to an aromatic ring is 1. The van der Waals surface area contributed by atoms with E-state index in [1.807, 2.05) is 0 Å². The van der Waals surface area contributed by atoms with Gasteiger partial charge in [-0.2, -0.15) is 8.42 Å². The van der Waals surface area contributed by atoms with Crippen molar-refractivity contribution in [2.24, 2.45) is 4.99 Å². The van der Waals surface area contributed by atoms with Crippen LogP contribution in [0.3, 0.4) is 0 Å². The summed E-state index contributed by atoms with van der Waals surface area (Å²) in [5, 5.41) is 0. The smallest absolute Gasteiger partial charge is 0.296 e. The molecular weight excluding hydrogens is 192 g/mol. The second kappa shape index (κ2) is 3.15. The molecule has 70 valence electrons. The fraction of sp³-hybridized carbons (Fsp3) is 0. The number of benzene rings is 1. The van der Waals surface area contributed by atoms with E-state index in [9.17, 15) is 8.42 Å². The number of anilines is 1. The van der Waals surface area contributed by atoms with Crippen LogP contribution in [0.4, 0.5) is 11.4 Å². The topological polar surface area (TPSA) is 92.8 Å². The molecule has 0 amide bonds. The molecule has 0 aliphatic heterocycles. The van der Waals surface area contributed by atoms with Crippen LogP contribution in [0.1, 0.15) is 0 Å². The Labute approximate surface area is 75.7 Å². The molecule has 1 rings (SSSR count). The molecule has 6 heteroatoms. The molecule has 0 radical (unpaired) electrons. The molecule has 0 spiro atoms. The third-order valence-electron chi connectivity index (χ3n) is 1.43. The minimum Gasteiger partial charge on any atom is -0.399 e. The number of hydrogen-bond donors (Lipinski definition) is 2. The molecule has 0 saturated carbocycles. The van der Waals surface area contributed by atoms with E-state index < -0.39 is 10.1 Å². The summed E-state index contributed by atoms with van der Waals surface area (Å²) in [7, 11) is -4.25. The zero-order valence-corrected chi connectivity index (χ0v) is 7.45. The first-order valence-electron chi connectivity index (χ1n) is 3.29. The monoisotopic (exact) mass is 200 g/mol. The van der Waals surface area contributed by atoms with Crippen molar-refractivity contribution < 1.29 is 13.0 Å². The number of nitrogens with zero attached hydrogens (tertiary/aromatic N) is 1. The lowest BCUT2D eigenvalue weighted by Crippen LogP contribution is -1.98. The second-order valence-corrected chi connectivity index (χ2v) is 3.75. The van der Waals surface area contributed by atoms with Crippen LogP contribution < -0.4 is 5.73 Å². The summed E-state index contributed by atoms with van der Waals surface area (Å²) < 4.78 is 30.2. The quantitative estimate of drug-likeness (QED) is 0.420. The Morgan fingerprint density at radius 2 is 2.08 bits per heavy atom. The van der Waals surface area contributed by atoms with Gasteiger partial charge in [0.2, 0.25) is 0 Å². The van der Waals surface area contributed by atoms with Gasteiger partial charge in [-0.15, -0.1) is 0 Å². The fourth-order valence-corrected chi connectivity index (χ4v) is 1.50. The van der Waals surface area contributed by atoms with Crippen molar-refractivity contribution in [2.75, 3.05) is 5.73 Å². The molecule has 0 saturated heterocycles. The number of aliphatic imine (C=N–C) groups is 1. The molecule has 0 aromatic heterocycles. The average Bonchev–Trinajstić information content (AvgIpc) is 2.01. The predicted molar refractivity (Wildman–Crippen MR) is 49.9 cm³/mol. The van der Waals surface area contributed by atoms with Crippen molar-refractivity contribution in [2.45, 2.75) is 4.90 Å². The first-order valence-corrected chi connectivity index (χ1v) is 4.73. The maximum absolute atomic E-state index is 10.8. The molecule has 1 aromatic rings. The van der Waals surface area contributed by atoms with Gasteiger partial charge in [-0.1, -0.05) is 0 Å². The molecule has 0 fully saturated rings. The summed E-state index contributed by atoms with van der Waals surface area (Å²) >= 11 is 0. The molecule has 13 heavy (non-hydrogen) atoms. The molecule has 0 atom stereocenters. The average molecular weight is 200 g/mol. The van der Waals surface area contributed by atoms with Gasteiger partial charge in [0.25, 0.3) is 10.1 Å². The molecule has 0 aliphatic rings. The van der Waals surface area contributed by atoms with Crippen LogP contribution in [-0.2, 0) is 10.1 Å². The van der Waals surface area contributed by atoms with E-state index in [0.29, 0.717) is 5.69 Å². The van der Waals surface area contributed by atoms with Gasteiger partial charge in [-0.25, -0.2) is 0 Å². The lowest BCUT2D eigenvalue weighted by Gasteiger charge is -2.02. The largest absolute Gasteiger partial charge is 0.399 e. The van der Waals surface area contributed by atoms with Gasteiger partial charge in [0.15, 0.2) is 0 Å². The Balaban J connectivity index is 3.47. The van der Waals surface area contributed by atoms with Crippen LogP contribution >= 0.6 is 0 Å². The Hall–Kier alpha value is -1.40. The normalized spacial score (nSPS) is 11.2. The van der Waals surface area contributed by atoms with Crippen molar-refractivity contribution in [3.8, 4) is 0 Å². The van der Waals surface area contributed by atoms with Crippen LogP contribution in [0.15, 0.2) is 28.1 Å².